The summed E-state index contributed by atoms with van der Waals surface area (Å²) in [5.74, 6) is 0.929. The maximum atomic E-state index is 6.03. The summed E-state index contributed by atoms with van der Waals surface area (Å²) in [6.07, 6.45) is 6.48. The summed E-state index contributed by atoms with van der Waals surface area (Å²) >= 11 is 0. The molecule has 0 aromatic heterocycles. The average Bonchev–Trinajstić information content (AvgIpc) is 3.33. The maximum Gasteiger partial charge on any atom is 0.120 e. The van der Waals surface area contributed by atoms with Crippen molar-refractivity contribution in [3.05, 3.63) is 89.5 Å². The summed E-state index contributed by atoms with van der Waals surface area (Å²) in [6, 6.07) is 26.7. The molecule has 5 rings (SSSR count). The van der Waals surface area contributed by atoms with Crippen molar-refractivity contribution < 1.29 is 4.74 Å². The standard InChI is InChI=1S/C27H29NO/c1-2-7-21(8-3-1)20-29-27-10-6-9-22(19-27)23-11-12-25-18-26(14-13-24(25)17-23)28-15-4-5-16-28/h1-3,6-12,17,19,26H,4-5,13-16,18,20H2. The summed E-state index contributed by atoms with van der Waals surface area (Å²) in [6.45, 7) is 3.20. The minimum atomic E-state index is 0.604. The number of hydrogen-bond donors (Lipinski definition) is 0. The van der Waals surface area contributed by atoms with Gasteiger partial charge in [0.05, 0.1) is 0 Å². The fourth-order valence-corrected chi connectivity index (χ4v) is 4.84. The van der Waals surface area contributed by atoms with E-state index in [0.717, 1.165) is 11.8 Å². The van der Waals surface area contributed by atoms with E-state index in [1.54, 1.807) is 5.56 Å². The highest BCUT2D eigenvalue weighted by Crippen LogP contribution is 2.31. The van der Waals surface area contributed by atoms with Crippen molar-refractivity contribution in [2.45, 2.75) is 44.8 Å². The van der Waals surface area contributed by atoms with E-state index >= 15 is 0 Å². The zero-order chi connectivity index (χ0) is 19.5. The maximum absolute atomic E-state index is 6.03. The summed E-state index contributed by atoms with van der Waals surface area (Å²) in [5.41, 5.74) is 6.81. The monoisotopic (exact) mass is 383 g/mol. The van der Waals surface area contributed by atoms with Crippen LogP contribution in [0.4, 0.5) is 0 Å². The number of hydrogen-bond acceptors (Lipinski definition) is 2. The molecular weight excluding hydrogens is 354 g/mol. The van der Waals surface area contributed by atoms with E-state index in [1.807, 2.05) is 12.1 Å². The van der Waals surface area contributed by atoms with Crippen LogP contribution in [-0.4, -0.2) is 24.0 Å². The van der Waals surface area contributed by atoms with Gasteiger partial charge in [-0.15, -0.1) is 0 Å². The fourth-order valence-electron chi connectivity index (χ4n) is 4.84. The molecule has 1 atom stereocenters. The molecule has 0 saturated carbocycles. The van der Waals surface area contributed by atoms with Crippen LogP contribution in [0.25, 0.3) is 11.1 Å². The van der Waals surface area contributed by atoms with E-state index in [-0.39, 0.29) is 0 Å². The Morgan fingerprint density at radius 1 is 0.793 bits per heavy atom. The van der Waals surface area contributed by atoms with Gasteiger partial charge >= 0.3 is 0 Å². The summed E-state index contributed by atoms with van der Waals surface area (Å²) in [4.78, 5) is 2.71. The van der Waals surface area contributed by atoms with E-state index in [2.05, 4.69) is 65.6 Å². The second-order valence-electron chi connectivity index (χ2n) is 8.43. The van der Waals surface area contributed by atoms with Crippen LogP contribution in [0.3, 0.4) is 0 Å². The molecule has 2 heteroatoms. The highest BCUT2D eigenvalue weighted by molar-refractivity contribution is 5.66. The predicted molar refractivity (Wildman–Crippen MR) is 119 cm³/mol. The molecule has 0 spiro atoms. The molecule has 0 bridgehead atoms. The topological polar surface area (TPSA) is 12.5 Å². The minimum absolute atomic E-state index is 0.604. The Balaban J connectivity index is 1.30. The van der Waals surface area contributed by atoms with Crippen molar-refractivity contribution in [1.29, 1.82) is 0 Å². The number of aryl methyl sites for hydroxylation is 1. The Bertz CT molecular complexity index is 959. The molecule has 2 aliphatic rings. The van der Waals surface area contributed by atoms with Crippen LogP contribution in [0.5, 0.6) is 5.75 Å². The first kappa shape index (κ1) is 18.4. The molecule has 1 aliphatic carbocycles. The van der Waals surface area contributed by atoms with Crippen molar-refractivity contribution in [2.24, 2.45) is 0 Å². The first-order chi connectivity index (χ1) is 14.3. The van der Waals surface area contributed by atoms with E-state index in [1.165, 1.54) is 67.4 Å². The molecule has 1 heterocycles. The van der Waals surface area contributed by atoms with Gasteiger partial charge in [0.2, 0.25) is 0 Å². The lowest BCUT2D eigenvalue weighted by Crippen LogP contribution is -2.37. The molecule has 1 saturated heterocycles. The molecular formula is C27H29NO. The molecule has 1 aliphatic heterocycles. The van der Waals surface area contributed by atoms with Gasteiger partial charge in [0.1, 0.15) is 12.4 Å². The Morgan fingerprint density at radius 3 is 2.48 bits per heavy atom. The van der Waals surface area contributed by atoms with Gasteiger partial charge in [0, 0.05) is 6.04 Å². The molecule has 2 nitrogen and oxygen atoms in total. The second kappa shape index (κ2) is 8.42. The quantitative estimate of drug-likeness (QED) is 0.545. The first-order valence-electron chi connectivity index (χ1n) is 11.0. The normalized spacial score (nSPS) is 19.1. The van der Waals surface area contributed by atoms with Gasteiger partial charge in [-0.2, -0.15) is 0 Å². The molecule has 0 radical (unpaired) electrons. The fraction of sp³-hybridized carbons (Fsp3) is 0.333. The van der Waals surface area contributed by atoms with Crippen molar-refractivity contribution in [1.82, 2.24) is 4.90 Å². The van der Waals surface area contributed by atoms with E-state index in [0.29, 0.717) is 6.61 Å². The largest absolute Gasteiger partial charge is 0.489 e. The minimum Gasteiger partial charge on any atom is -0.489 e. The third-order valence-electron chi connectivity index (χ3n) is 6.48. The Labute approximate surface area is 174 Å². The SMILES string of the molecule is c1ccc(COc2cccc(-c3ccc4c(c3)CCC(N3CCCC3)C4)c2)cc1. The molecule has 3 aromatic rings. The molecule has 0 N–H and O–H groups in total. The molecule has 148 valence electrons. The number of benzene rings is 3. The van der Waals surface area contributed by atoms with Gasteiger partial charge in [0.25, 0.3) is 0 Å². The Hall–Kier alpha value is -2.58. The van der Waals surface area contributed by atoms with E-state index < -0.39 is 0 Å². The van der Waals surface area contributed by atoms with Crippen LogP contribution in [0.1, 0.15) is 36.0 Å². The Morgan fingerprint density at radius 2 is 1.62 bits per heavy atom. The molecule has 3 aromatic carbocycles. The van der Waals surface area contributed by atoms with Crippen molar-refractivity contribution >= 4 is 0 Å². The van der Waals surface area contributed by atoms with Crippen LogP contribution in [-0.2, 0) is 19.4 Å². The summed E-state index contributed by atoms with van der Waals surface area (Å²) in [5, 5.41) is 0. The van der Waals surface area contributed by atoms with E-state index in [4.69, 9.17) is 4.74 Å². The van der Waals surface area contributed by atoms with Gasteiger partial charge in [0.15, 0.2) is 0 Å². The Kier molecular flexibility index (Phi) is 5.36. The highest BCUT2D eigenvalue weighted by Gasteiger charge is 2.26. The van der Waals surface area contributed by atoms with Gasteiger partial charge < -0.3 is 9.64 Å². The zero-order valence-corrected chi connectivity index (χ0v) is 17.0. The summed E-state index contributed by atoms with van der Waals surface area (Å²) < 4.78 is 6.03. The first-order valence-corrected chi connectivity index (χ1v) is 11.0. The lowest BCUT2D eigenvalue weighted by Gasteiger charge is -2.32. The van der Waals surface area contributed by atoms with Crippen molar-refractivity contribution in [3.8, 4) is 16.9 Å². The molecule has 29 heavy (non-hydrogen) atoms. The molecule has 1 unspecified atom stereocenters. The zero-order valence-electron chi connectivity index (χ0n) is 17.0. The van der Waals surface area contributed by atoms with Gasteiger partial charge in [-0.1, -0.05) is 60.7 Å². The van der Waals surface area contributed by atoms with E-state index in [9.17, 15) is 0 Å². The lowest BCUT2D eigenvalue weighted by molar-refractivity contribution is 0.222. The highest BCUT2D eigenvalue weighted by atomic mass is 16.5. The average molecular weight is 384 g/mol. The van der Waals surface area contributed by atoms with Crippen LogP contribution in [0.15, 0.2) is 72.8 Å². The number of rotatable bonds is 5. The van der Waals surface area contributed by atoms with Crippen molar-refractivity contribution in [3.63, 3.8) is 0 Å². The second-order valence-corrected chi connectivity index (χ2v) is 8.43. The number of nitrogens with zero attached hydrogens (tertiary/aromatic N) is 1. The third-order valence-corrected chi connectivity index (χ3v) is 6.48. The van der Waals surface area contributed by atoms with Crippen LogP contribution in [0, 0.1) is 0 Å². The molecule has 0 amide bonds. The summed E-state index contributed by atoms with van der Waals surface area (Å²) in [7, 11) is 0. The smallest absolute Gasteiger partial charge is 0.120 e. The van der Waals surface area contributed by atoms with Crippen LogP contribution in [0.2, 0.25) is 0 Å². The molecule has 1 fully saturated rings. The number of fused-ring (bicyclic) bond motifs is 1. The van der Waals surface area contributed by atoms with Crippen LogP contribution >= 0.6 is 0 Å². The van der Waals surface area contributed by atoms with Gasteiger partial charge in [-0.3, -0.25) is 0 Å². The van der Waals surface area contributed by atoms with Gasteiger partial charge in [-0.05, 0) is 85.1 Å². The number of likely N-dealkylation sites (tertiary alicyclic amines) is 1. The lowest BCUT2D eigenvalue weighted by atomic mass is 9.85. The van der Waals surface area contributed by atoms with Gasteiger partial charge in [-0.25, -0.2) is 0 Å². The number of ether oxygens (including phenoxy) is 1. The van der Waals surface area contributed by atoms with Crippen LogP contribution < -0.4 is 4.74 Å². The van der Waals surface area contributed by atoms with Crippen molar-refractivity contribution in [2.75, 3.05) is 13.1 Å². The predicted octanol–water partition coefficient (Wildman–Crippen LogP) is 5.89. The third kappa shape index (κ3) is 4.23.